The SMILES string of the molecule is CCC(Nc1ccccc1)C(=O)NN=Cc1cc(Cl)cc([N+](=O)[O-])c1[O-]. The van der Waals surface area contributed by atoms with Crippen LogP contribution >= 0.6 is 11.6 Å². The van der Waals surface area contributed by atoms with E-state index in [9.17, 15) is 20.0 Å². The zero-order valence-electron chi connectivity index (χ0n) is 13.8. The molecule has 0 saturated carbocycles. The van der Waals surface area contributed by atoms with E-state index in [4.69, 9.17) is 11.6 Å². The van der Waals surface area contributed by atoms with Crippen molar-refractivity contribution in [2.24, 2.45) is 5.10 Å². The van der Waals surface area contributed by atoms with Crippen molar-refractivity contribution in [1.29, 1.82) is 0 Å². The van der Waals surface area contributed by atoms with Crippen LogP contribution in [0.25, 0.3) is 0 Å². The standard InChI is InChI=1S/C17H17ClN4O4/c1-2-14(20-13-6-4-3-5-7-13)17(24)21-19-10-11-8-12(18)9-15(16(11)23)22(25)26/h3-10,14,20,23H,2H2,1H3,(H,21,24)/p-1. The van der Waals surface area contributed by atoms with Crippen LogP contribution in [0.2, 0.25) is 5.02 Å². The lowest BCUT2D eigenvalue weighted by Crippen LogP contribution is -2.36. The number of hydrogen-bond donors (Lipinski definition) is 2. The maximum atomic E-state index is 12.2. The van der Waals surface area contributed by atoms with Crippen LogP contribution in [0, 0.1) is 10.1 Å². The van der Waals surface area contributed by atoms with Gasteiger partial charge in [0.25, 0.3) is 11.6 Å². The van der Waals surface area contributed by atoms with Crippen molar-refractivity contribution in [1.82, 2.24) is 5.43 Å². The van der Waals surface area contributed by atoms with E-state index >= 15 is 0 Å². The number of para-hydroxylation sites is 1. The molecular weight excluding hydrogens is 360 g/mol. The average molecular weight is 376 g/mol. The van der Waals surface area contributed by atoms with Crippen molar-refractivity contribution < 1.29 is 14.8 Å². The summed E-state index contributed by atoms with van der Waals surface area (Å²) in [5.74, 6) is -1.23. The maximum Gasteiger partial charge on any atom is 0.263 e. The molecule has 2 N–H and O–H groups in total. The number of anilines is 1. The second-order valence-corrected chi connectivity index (χ2v) is 5.74. The van der Waals surface area contributed by atoms with E-state index in [0.717, 1.165) is 18.0 Å². The van der Waals surface area contributed by atoms with Gasteiger partial charge in [0.1, 0.15) is 6.04 Å². The van der Waals surface area contributed by atoms with Crippen molar-refractivity contribution in [2.75, 3.05) is 5.32 Å². The number of benzene rings is 2. The second-order valence-electron chi connectivity index (χ2n) is 5.31. The third-order valence-electron chi connectivity index (χ3n) is 3.48. The summed E-state index contributed by atoms with van der Waals surface area (Å²) in [6.07, 6.45) is 1.54. The Labute approximate surface area is 154 Å². The van der Waals surface area contributed by atoms with Crippen molar-refractivity contribution in [3.63, 3.8) is 0 Å². The summed E-state index contributed by atoms with van der Waals surface area (Å²) in [6, 6.07) is 10.9. The number of hydrazone groups is 1. The van der Waals surface area contributed by atoms with Gasteiger partial charge in [-0.25, -0.2) is 5.43 Å². The van der Waals surface area contributed by atoms with E-state index in [1.807, 2.05) is 37.3 Å². The normalized spacial score (nSPS) is 11.9. The Morgan fingerprint density at radius 2 is 2.04 bits per heavy atom. The molecule has 0 spiro atoms. The molecule has 0 bridgehead atoms. The van der Waals surface area contributed by atoms with Crippen LogP contribution in [0.5, 0.6) is 5.75 Å². The van der Waals surface area contributed by atoms with Crippen molar-refractivity contribution in [3.8, 4) is 5.75 Å². The molecule has 0 aliphatic heterocycles. The first-order valence-electron chi connectivity index (χ1n) is 7.71. The zero-order valence-corrected chi connectivity index (χ0v) is 14.6. The number of carbonyl (C=O) groups excluding carboxylic acids is 1. The highest BCUT2D eigenvalue weighted by molar-refractivity contribution is 6.31. The molecule has 2 rings (SSSR count). The van der Waals surface area contributed by atoms with Gasteiger partial charge >= 0.3 is 0 Å². The molecule has 0 aromatic heterocycles. The molecule has 0 aliphatic carbocycles. The first-order valence-corrected chi connectivity index (χ1v) is 8.09. The minimum Gasteiger partial charge on any atom is -0.867 e. The molecule has 1 atom stereocenters. The molecule has 0 fully saturated rings. The third-order valence-corrected chi connectivity index (χ3v) is 3.70. The van der Waals surface area contributed by atoms with Gasteiger partial charge < -0.3 is 10.4 Å². The molecule has 0 aliphatic rings. The van der Waals surface area contributed by atoms with E-state index in [2.05, 4.69) is 15.8 Å². The molecule has 0 heterocycles. The molecule has 136 valence electrons. The summed E-state index contributed by atoms with van der Waals surface area (Å²) in [4.78, 5) is 22.2. The summed E-state index contributed by atoms with van der Waals surface area (Å²) in [5, 5.41) is 29.6. The molecule has 2 aromatic rings. The van der Waals surface area contributed by atoms with Crippen LogP contribution in [0.3, 0.4) is 0 Å². The van der Waals surface area contributed by atoms with E-state index in [-0.39, 0.29) is 10.6 Å². The van der Waals surface area contributed by atoms with E-state index in [1.54, 1.807) is 0 Å². The number of nitro groups is 1. The fourth-order valence-electron chi connectivity index (χ4n) is 2.16. The van der Waals surface area contributed by atoms with E-state index < -0.39 is 28.3 Å². The molecule has 8 nitrogen and oxygen atoms in total. The number of rotatable bonds is 7. The Morgan fingerprint density at radius 3 is 2.65 bits per heavy atom. The fourth-order valence-corrected chi connectivity index (χ4v) is 2.38. The maximum absolute atomic E-state index is 12.2. The van der Waals surface area contributed by atoms with Crippen LogP contribution in [-0.2, 0) is 4.79 Å². The predicted octanol–water partition coefficient (Wildman–Crippen LogP) is 2.66. The predicted molar refractivity (Wildman–Crippen MR) is 97.4 cm³/mol. The van der Waals surface area contributed by atoms with Crippen molar-refractivity contribution >= 4 is 35.1 Å². The van der Waals surface area contributed by atoms with Gasteiger partial charge in [-0.1, -0.05) is 36.7 Å². The van der Waals surface area contributed by atoms with Crippen molar-refractivity contribution in [3.05, 3.63) is 63.2 Å². The summed E-state index contributed by atoms with van der Waals surface area (Å²) >= 11 is 5.77. The van der Waals surface area contributed by atoms with Gasteiger partial charge in [0.15, 0.2) is 0 Å². The third kappa shape index (κ3) is 4.93. The molecule has 1 amide bonds. The second kappa shape index (κ2) is 8.82. The Morgan fingerprint density at radius 1 is 1.35 bits per heavy atom. The Balaban J connectivity index is 2.07. The molecule has 9 heteroatoms. The quantitative estimate of drug-likeness (QED) is 0.438. The van der Waals surface area contributed by atoms with Gasteiger partial charge in [0, 0.05) is 16.8 Å². The highest BCUT2D eigenvalue weighted by atomic mass is 35.5. The molecular formula is C17H16ClN4O4-. The highest BCUT2D eigenvalue weighted by Gasteiger charge is 2.15. The Kier molecular flexibility index (Phi) is 6.51. The molecule has 0 saturated heterocycles. The van der Waals surface area contributed by atoms with E-state index in [1.165, 1.54) is 6.07 Å². The number of carbonyl (C=O) groups is 1. The van der Waals surface area contributed by atoms with Gasteiger partial charge in [-0.15, -0.1) is 0 Å². The number of hydrogen-bond acceptors (Lipinski definition) is 6. The monoisotopic (exact) mass is 375 g/mol. The lowest BCUT2D eigenvalue weighted by Gasteiger charge is -2.16. The summed E-state index contributed by atoms with van der Waals surface area (Å²) in [7, 11) is 0. The number of nitrogens with zero attached hydrogens (tertiary/aromatic N) is 2. The highest BCUT2D eigenvalue weighted by Crippen LogP contribution is 2.29. The molecule has 26 heavy (non-hydrogen) atoms. The average Bonchev–Trinajstić information content (AvgIpc) is 2.62. The lowest BCUT2D eigenvalue weighted by molar-refractivity contribution is -0.398. The van der Waals surface area contributed by atoms with Gasteiger partial charge in [-0.05, 0) is 35.9 Å². The molecule has 2 aromatic carbocycles. The Bertz CT molecular complexity index is 827. The van der Waals surface area contributed by atoms with Gasteiger partial charge in [-0.3, -0.25) is 14.9 Å². The van der Waals surface area contributed by atoms with Crippen LogP contribution in [0.1, 0.15) is 18.9 Å². The zero-order chi connectivity index (χ0) is 19.1. The molecule has 0 radical (unpaired) electrons. The number of nitro benzene ring substituents is 1. The summed E-state index contributed by atoms with van der Waals surface area (Å²) in [5.41, 5.74) is 2.36. The summed E-state index contributed by atoms with van der Waals surface area (Å²) < 4.78 is 0. The van der Waals surface area contributed by atoms with E-state index in [0.29, 0.717) is 6.42 Å². The topological polar surface area (TPSA) is 120 Å². The largest absolute Gasteiger partial charge is 0.867 e. The van der Waals surface area contributed by atoms with Gasteiger partial charge in [0.2, 0.25) is 0 Å². The van der Waals surface area contributed by atoms with Crippen LogP contribution in [-0.4, -0.2) is 23.1 Å². The smallest absolute Gasteiger partial charge is 0.263 e. The minimum absolute atomic E-state index is 0.0289. The minimum atomic E-state index is -0.827. The van der Waals surface area contributed by atoms with Gasteiger partial charge in [-0.2, -0.15) is 5.10 Å². The fraction of sp³-hybridized carbons (Fsp3) is 0.176. The first-order chi connectivity index (χ1) is 12.4. The van der Waals surface area contributed by atoms with Crippen LogP contribution < -0.4 is 15.8 Å². The number of halogens is 1. The lowest BCUT2D eigenvalue weighted by atomic mass is 10.2. The first kappa shape index (κ1) is 19.2. The van der Waals surface area contributed by atoms with Crippen LogP contribution in [0.4, 0.5) is 11.4 Å². The van der Waals surface area contributed by atoms with Crippen LogP contribution in [0.15, 0.2) is 47.6 Å². The number of amides is 1. The molecule has 1 unspecified atom stereocenters. The van der Waals surface area contributed by atoms with Crippen molar-refractivity contribution in [2.45, 2.75) is 19.4 Å². The van der Waals surface area contributed by atoms with Gasteiger partial charge in [0.05, 0.1) is 11.1 Å². The number of nitrogens with one attached hydrogen (secondary N) is 2. The Hall–Kier alpha value is -3.13. The summed E-state index contributed by atoms with van der Waals surface area (Å²) in [6.45, 7) is 1.83.